The first kappa shape index (κ1) is 106. The number of ether oxygens (including phenoxy) is 3. The Morgan fingerprint density at radius 1 is 0.206 bits per heavy atom. The Labute approximate surface area is 851 Å². The van der Waals surface area contributed by atoms with Crippen LogP contribution in [0.4, 0.5) is 0 Å². The molecular weight excluding hydrogens is 1710 g/mol. The van der Waals surface area contributed by atoms with E-state index in [1.54, 1.807) is 7.11 Å². The van der Waals surface area contributed by atoms with Crippen LogP contribution in [0.25, 0.3) is 0 Å². The van der Waals surface area contributed by atoms with Gasteiger partial charge >= 0.3 is 0 Å². The molecular formula is C138H156O3. The molecule has 726 valence electrons. The van der Waals surface area contributed by atoms with Gasteiger partial charge in [-0.3, -0.25) is 0 Å². The molecule has 3 nitrogen and oxygen atoms in total. The van der Waals surface area contributed by atoms with Crippen molar-refractivity contribution in [2.75, 3.05) is 20.3 Å². The lowest BCUT2D eigenvalue weighted by Crippen LogP contribution is -2.10. The zero-order valence-corrected chi connectivity index (χ0v) is 87.1. The normalized spacial score (nSPS) is 20.3. The SMILES string of the molecule is CCCOc1ccc(C#Cc2ccc(C3CCC(C)CC3)cc2)cc1.CCCc1ccc(C#Cc2ccc(C3CCC(C)CC3)cc2)cc1.CCOc1ccc(C#Cc2ccc(C3CCC(C)CC3)cc2)cc1.CCc1ccc(C#Cc2ccc(C3CCC(C)CC3)cc2)cc1.COc1ccc(C#Cc2ccc(C3CCC(C)CC3)cc2)cc1.Cc1ccc(C#Cc2ccc(C3CCC(C)CC3)cc2)cc1. The molecule has 6 aliphatic rings. The van der Waals surface area contributed by atoms with E-state index >= 15 is 0 Å². The summed E-state index contributed by atoms with van der Waals surface area (Å²) in [5, 5.41) is 0. The van der Waals surface area contributed by atoms with Crippen molar-refractivity contribution < 1.29 is 14.2 Å². The molecule has 141 heavy (non-hydrogen) atoms. The minimum atomic E-state index is 0.692. The number of methoxy groups -OCH3 is 1. The van der Waals surface area contributed by atoms with Crippen LogP contribution in [0.1, 0.15) is 389 Å². The third-order valence-electron chi connectivity index (χ3n) is 30.0. The molecule has 6 saturated carbocycles. The molecule has 6 fully saturated rings. The molecule has 3 heteroatoms. The van der Waals surface area contributed by atoms with Crippen LogP contribution in [-0.2, 0) is 12.8 Å². The van der Waals surface area contributed by atoms with E-state index in [0.29, 0.717) is 6.61 Å². The van der Waals surface area contributed by atoms with Gasteiger partial charge in [0, 0.05) is 66.8 Å². The zero-order valence-electron chi connectivity index (χ0n) is 87.1. The van der Waals surface area contributed by atoms with E-state index in [2.05, 4.69) is 359 Å². The fourth-order valence-electron chi connectivity index (χ4n) is 20.3. The monoisotopic (exact) mass is 1860 g/mol. The Hall–Kier alpha value is -12.6. The summed E-state index contributed by atoms with van der Waals surface area (Å²) >= 11 is 0. The van der Waals surface area contributed by atoms with Crippen LogP contribution in [-0.4, -0.2) is 20.3 Å². The summed E-state index contributed by atoms with van der Waals surface area (Å²) in [6.07, 6.45) is 36.9. The van der Waals surface area contributed by atoms with Crippen LogP contribution in [0.15, 0.2) is 291 Å². The quantitative estimate of drug-likeness (QED) is 0.0958. The molecule has 12 aromatic carbocycles. The second-order valence-electron chi connectivity index (χ2n) is 41.4. The molecule has 0 unspecified atom stereocenters. The van der Waals surface area contributed by atoms with Crippen molar-refractivity contribution in [2.24, 2.45) is 35.5 Å². The maximum absolute atomic E-state index is 5.60. The Balaban J connectivity index is 0.000000142. The average Bonchev–Trinajstić information content (AvgIpc) is 0.867. The average molecular weight is 1860 g/mol. The maximum atomic E-state index is 5.60. The molecule has 12 aromatic rings. The molecule has 0 bridgehead atoms. The van der Waals surface area contributed by atoms with Crippen LogP contribution in [0, 0.1) is 113 Å². The van der Waals surface area contributed by atoms with Gasteiger partial charge < -0.3 is 14.2 Å². The Morgan fingerprint density at radius 3 is 0.582 bits per heavy atom. The predicted octanol–water partition coefficient (Wildman–Crippen LogP) is 35.3. The molecule has 0 spiro atoms. The summed E-state index contributed by atoms with van der Waals surface area (Å²) in [6, 6.07) is 103. The second kappa shape index (κ2) is 57.3. The van der Waals surface area contributed by atoms with Gasteiger partial charge in [0.1, 0.15) is 17.2 Å². The maximum Gasteiger partial charge on any atom is 0.119 e. The van der Waals surface area contributed by atoms with Gasteiger partial charge in [-0.05, 0) is 408 Å². The standard InChI is InChI=1S/C24H28O.C24H28.C23H26O.C23H26.C22H24O.C22H24/c1-3-18-25-24-16-10-21(11-17-24)7-6-20-8-14-23(15-9-20)22-12-4-19(2)5-13-22;1-3-4-20-7-9-21(10-8-20)11-12-22-13-17-24(18-14-22)23-15-5-19(2)6-16-23;1-3-24-23-16-10-20(11-17-23)7-6-19-8-14-22(15-9-19)21-12-4-18(2)5-13-21;1-3-19-6-8-20(9-7-19)10-11-21-12-16-23(17-13-21)22-14-4-18(2)5-15-22;1-17-3-11-20(12-4-17)21-13-7-18(8-14-21)5-6-19-9-15-22(23-2)16-10-19;1-17-3-7-19(8-4-17)9-10-20-11-15-22(16-12-20)21-13-5-18(2)6-14-21/h8-11,14-17,19,22H,3-5,12-13,18H2,1-2H3;7-10,13-14,17-19,23H,3-6,15-16H2,1-2H3;8-11,14-18,21H,3-5,12-13H2,1-2H3;6-9,12-13,16-18,22H,3-5,14-15H2,1-2H3;7-10,13-17,20H,3-4,11-12H2,1-2H3;3-4,7-8,11-12,15-16,18,21H,5-6,13-14H2,1-2H3. The molecule has 0 N–H and O–H groups in total. The topological polar surface area (TPSA) is 27.7 Å². The van der Waals surface area contributed by atoms with Crippen LogP contribution in [0.5, 0.6) is 17.2 Å². The first-order chi connectivity index (χ1) is 68.9. The smallest absolute Gasteiger partial charge is 0.119 e. The number of aryl methyl sites for hydroxylation is 3. The summed E-state index contributed by atoms with van der Waals surface area (Å²) in [6.45, 7) is 26.3. The van der Waals surface area contributed by atoms with Crippen molar-refractivity contribution in [2.45, 2.75) is 291 Å². The third-order valence-corrected chi connectivity index (χ3v) is 30.0. The van der Waals surface area contributed by atoms with Crippen molar-refractivity contribution >= 4 is 0 Å². The van der Waals surface area contributed by atoms with Crippen LogP contribution < -0.4 is 14.2 Å². The lowest BCUT2D eigenvalue weighted by molar-refractivity contribution is 0.317. The van der Waals surface area contributed by atoms with Gasteiger partial charge in [-0.25, -0.2) is 0 Å². The van der Waals surface area contributed by atoms with E-state index in [-0.39, 0.29) is 0 Å². The molecule has 6 aliphatic carbocycles. The van der Waals surface area contributed by atoms with Crippen LogP contribution in [0.3, 0.4) is 0 Å². The molecule has 0 amide bonds. The highest BCUT2D eigenvalue weighted by Crippen LogP contribution is 2.42. The number of benzene rings is 12. The largest absolute Gasteiger partial charge is 0.497 e. The van der Waals surface area contributed by atoms with Crippen molar-refractivity contribution in [3.63, 3.8) is 0 Å². The van der Waals surface area contributed by atoms with E-state index in [0.717, 1.165) is 181 Å². The molecule has 18 rings (SSSR count). The lowest BCUT2D eigenvalue weighted by Gasteiger charge is -2.26. The summed E-state index contributed by atoms with van der Waals surface area (Å²) in [5.41, 5.74) is 25.8. The number of hydrogen-bond acceptors (Lipinski definition) is 3. The first-order valence-electron chi connectivity index (χ1n) is 54.0. The summed E-state index contributed by atoms with van der Waals surface area (Å²) < 4.78 is 16.2. The minimum absolute atomic E-state index is 0.692. The van der Waals surface area contributed by atoms with E-state index in [1.807, 2.05) is 79.7 Å². The van der Waals surface area contributed by atoms with E-state index in [9.17, 15) is 0 Å². The van der Waals surface area contributed by atoms with Gasteiger partial charge in [-0.1, -0.05) is 332 Å². The van der Waals surface area contributed by atoms with Gasteiger partial charge in [0.25, 0.3) is 0 Å². The van der Waals surface area contributed by atoms with E-state index in [1.165, 1.54) is 211 Å². The second-order valence-corrected chi connectivity index (χ2v) is 41.4. The van der Waals surface area contributed by atoms with Gasteiger partial charge in [0.2, 0.25) is 0 Å². The highest BCUT2D eigenvalue weighted by molar-refractivity contribution is 5.52. The van der Waals surface area contributed by atoms with Gasteiger partial charge in [-0.2, -0.15) is 0 Å². The fraction of sp³-hybridized carbons (Fsp3) is 0.391. The fourth-order valence-corrected chi connectivity index (χ4v) is 20.3. The molecule has 0 aromatic heterocycles. The van der Waals surface area contributed by atoms with Gasteiger partial charge in [0.05, 0.1) is 20.3 Å². The van der Waals surface area contributed by atoms with E-state index < -0.39 is 0 Å². The van der Waals surface area contributed by atoms with Crippen molar-refractivity contribution in [3.8, 4) is 88.3 Å². The molecule has 0 radical (unpaired) electrons. The zero-order chi connectivity index (χ0) is 98.5. The van der Waals surface area contributed by atoms with Crippen molar-refractivity contribution in [1.29, 1.82) is 0 Å². The minimum Gasteiger partial charge on any atom is -0.497 e. The molecule has 0 saturated heterocycles. The highest BCUT2D eigenvalue weighted by Gasteiger charge is 2.26. The predicted molar refractivity (Wildman–Crippen MR) is 597 cm³/mol. The summed E-state index contributed by atoms with van der Waals surface area (Å²) in [7, 11) is 1.68. The lowest BCUT2D eigenvalue weighted by atomic mass is 9.79. The van der Waals surface area contributed by atoms with Gasteiger partial charge in [-0.15, -0.1) is 0 Å². The Bertz CT molecular complexity index is 5820. The van der Waals surface area contributed by atoms with Crippen molar-refractivity contribution in [3.05, 3.63) is 408 Å². The summed E-state index contributed by atoms with van der Waals surface area (Å²) in [5.74, 6) is 51.7. The molecule has 0 aliphatic heterocycles. The molecule has 0 atom stereocenters. The van der Waals surface area contributed by atoms with Crippen LogP contribution in [0.2, 0.25) is 0 Å². The van der Waals surface area contributed by atoms with E-state index in [4.69, 9.17) is 14.2 Å². The first-order valence-corrected chi connectivity index (χ1v) is 54.0. The number of rotatable bonds is 15. The van der Waals surface area contributed by atoms with Crippen LogP contribution >= 0.6 is 0 Å². The van der Waals surface area contributed by atoms with Gasteiger partial charge in [0.15, 0.2) is 0 Å². The number of hydrogen-bond donors (Lipinski definition) is 0. The Kier molecular flexibility index (Phi) is 43.0. The molecule has 0 heterocycles. The van der Waals surface area contributed by atoms with Crippen molar-refractivity contribution in [1.82, 2.24) is 0 Å². The highest BCUT2D eigenvalue weighted by atomic mass is 16.5. The summed E-state index contributed by atoms with van der Waals surface area (Å²) in [4.78, 5) is 0. The Morgan fingerprint density at radius 2 is 0.390 bits per heavy atom. The third kappa shape index (κ3) is 36.2.